The highest BCUT2D eigenvalue weighted by Crippen LogP contribution is 2.21. The number of benzene rings is 1. The first kappa shape index (κ1) is 19.3. The molecule has 0 saturated carbocycles. The minimum atomic E-state index is -0.294. The zero-order valence-corrected chi connectivity index (χ0v) is 16.3. The fourth-order valence-corrected chi connectivity index (χ4v) is 4.10. The van der Waals surface area contributed by atoms with E-state index in [2.05, 4.69) is 16.9 Å². The van der Waals surface area contributed by atoms with Crippen molar-refractivity contribution in [2.45, 2.75) is 25.2 Å². The number of aromatic nitrogens is 2. The Morgan fingerprint density at radius 1 is 1.44 bits per heavy atom. The second-order valence-electron chi connectivity index (χ2n) is 5.89. The van der Waals surface area contributed by atoms with Gasteiger partial charge in [-0.2, -0.15) is 0 Å². The van der Waals surface area contributed by atoms with E-state index >= 15 is 0 Å². The Morgan fingerprint density at radius 2 is 2.26 bits per heavy atom. The number of carbonyl (C=O) groups is 1. The van der Waals surface area contributed by atoms with Gasteiger partial charge in [0.2, 0.25) is 5.91 Å². The average Bonchev–Trinajstić information content (AvgIpc) is 3.12. The molecule has 0 aliphatic rings. The molecular formula is C19H18FN3O2S2. The van der Waals surface area contributed by atoms with E-state index in [0.29, 0.717) is 33.0 Å². The molecule has 3 aromatic rings. The number of rotatable bonds is 7. The molecule has 0 aliphatic carbocycles. The standard InChI is InChI=1S/C19H18FN3O2S2/c1-3-7-23-18(25)14-6-8-26-17(14)22-19(23)27-11-16(24)21-10-13-5-4-12(2)15(20)9-13/h3-6,8-9H,1,7,10-11H2,2H3,(H,21,24). The topological polar surface area (TPSA) is 64.0 Å². The van der Waals surface area contributed by atoms with Gasteiger partial charge in [0.05, 0.1) is 11.1 Å². The predicted octanol–water partition coefficient (Wildman–Crippen LogP) is 3.50. The molecule has 0 atom stereocenters. The van der Waals surface area contributed by atoms with Crippen LogP contribution in [-0.4, -0.2) is 21.2 Å². The Kier molecular flexibility index (Phi) is 6.08. The smallest absolute Gasteiger partial charge is 0.263 e. The molecule has 5 nitrogen and oxygen atoms in total. The van der Waals surface area contributed by atoms with Gasteiger partial charge in [-0.3, -0.25) is 14.2 Å². The molecule has 3 rings (SSSR count). The molecule has 1 N–H and O–H groups in total. The zero-order chi connectivity index (χ0) is 19.4. The lowest BCUT2D eigenvalue weighted by Crippen LogP contribution is -2.26. The lowest BCUT2D eigenvalue weighted by molar-refractivity contribution is -0.118. The van der Waals surface area contributed by atoms with Crippen molar-refractivity contribution in [3.8, 4) is 0 Å². The van der Waals surface area contributed by atoms with Crippen molar-refractivity contribution in [3.63, 3.8) is 0 Å². The van der Waals surface area contributed by atoms with E-state index in [9.17, 15) is 14.0 Å². The van der Waals surface area contributed by atoms with Gasteiger partial charge in [0.25, 0.3) is 5.56 Å². The normalized spacial score (nSPS) is 10.9. The largest absolute Gasteiger partial charge is 0.351 e. The number of allylic oxidation sites excluding steroid dienone is 1. The summed E-state index contributed by atoms with van der Waals surface area (Å²) in [4.78, 5) is 29.8. The Bertz CT molecular complexity index is 1060. The maximum Gasteiger partial charge on any atom is 0.263 e. The summed E-state index contributed by atoms with van der Waals surface area (Å²) < 4.78 is 15.1. The van der Waals surface area contributed by atoms with Crippen LogP contribution >= 0.6 is 23.1 Å². The van der Waals surface area contributed by atoms with Crippen LogP contribution in [0.4, 0.5) is 4.39 Å². The van der Waals surface area contributed by atoms with E-state index in [1.54, 1.807) is 31.2 Å². The number of nitrogens with one attached hydrogen (secondary N) is 1. The van der Waals surface area contributed by atoms with Gasteiger partial charge in [-0.05, 0) is 35.6 Å². The summed E-state index contributed by atoms with van der Waals surface area (Å²) in [6.45, 7) is 5.93. The zero-order valence-electron chi connectivity index (χ0n) is 14.7. The maximum atomic E-state index is 13.6. The third-order valence-corrected chi connectivity index (χ3v) is 5.70. The predicted molar refractivity (Wildman–Crippen MR) is 108 cm³/mol. The van der Waals surface area contributed by atoms with Crippen molar-refractivity contribution in [2.75, 3.05) is 5.75 Å². The van der Waals surface area contributed by atoms with Crippen LogP contribution in [0.1, 0.15) is 11.1 Å². The van der Waals surface area contributed by atoms with E-state index < -0.39 is 0 Å². The molecule has 0 spiro atoms. The summed E-state index contributed by atoms with van der Waals surface area (Å²) in [6.07, 6.45) is 1.62. The van der Waals surface area contributed by atoms with Crippen LogP contribution in [0.2, 0.25) is 0 Å². The van der Waals surface area contributed by atoms with Gasteiger partial charge in [-0.1, -0.05) is 30.0 Å². The van der Waals surface area contributed by atoms with Gasteiger partial charge >= 0.3 is 0 Å². The van der Waals surface area contributed by atoms with Crippen LogP contribution < -0.4 is 10.9 Å². The van der Waals surface area contributed by atoms with E-state index in [1.165, 1.54) is 33.7 Å². The molecule has 0 aliphatic heterocycles. The molecule has 27 heavy (non-hydrogen) atoms. The third-order valence-electron chi connectivity index (χ3n) is 3.92. The van der Waals surface area contributed by atoms with Crippen LogP contribution in [0.15, 0.2) is 52.3 Å². The average molecular weight is 404 g/mol. The van der Waals surface area contributed by atoms with Gasteiger partial charge in [-0.25, -0.2) is 9.37 Å². The van der Waals surface area contributed by atoms with Gasteiger partial charge < -0.3 is 5.32 Å². The minimum absolute atomic E-state index is 0.106. The number of carbonyl (C=O) groups excluding carboxylic acids is 1. The molecular weight excluding hydrogens is 385 g/mol. The number of hydrogen-bond acceptors (Lipinski definition) is 5. The lowest BCUT2D eigenvalue weighted by Gasteiger charge is -2.10. The van der Waals surface area contributed by atoms with Crippen molar-refractivity contribution < 1.29 is 9.18 Å². The first-order valence-corrected chi connectivity index (χ1v) is 10.1. The summed E-state index contributed by atoms with van der Waals surface area (Å²) in [7, 11) is 0. The molecule has 8 heteroatoms. The van der Waals surface area contributed by atoms with Crippen LogP contribution in [-0.2, 0) is 17.9 Å². The highest BCUT2D eigenvalue weighted by molar-refractivity contribution is 7.99. The Hall–Kier alpha value is -2.45. The third kappa shape index (κ3) is 4.45. The number of fused-ring (bicyclic) bond motifs is 1. The molecule has 0 radical (unpaired) electrons. The Balaban J connectivity index is 1.67. The van der Waals surface area contributed by atoms with E-state index in [0.717, 1.165) is 0 Å². The van der Waals surface area contributed by atoms with E-state index in [1.807, 2.05) is 5.38 Å². The first-order chi connectivity index (χ1) is 13.0. The monoisotopic (exact) mass is 403 g/mol. The fraction of sp³-hybridized carbons (Fsp3) is 0.211. The van der Waals surface area contributed by atoms with Crippen molar-refractivity contribution >= 4 is 39.2 Å². The molecule has 0 fully saturated rings. The van der Waals surface area contributed by atoms with E-state index in [4.69, 9.17) is 0 Å². The highest BCUT2D eigenvalue weighted by atomic mass is 32.2. The van der Waals surface area contributed by atoms with Crippen LogP contribution in [0.5, 0.6) is 0 Å². The Labute approximate surface area is 163 Å². The van der Waals surface area contributed by atoms with Gasteiger partial charge in [0, 0.05) is 13.1 Å². The summed E-state index contributed by atoms with van der Waals surface area (Å²) in [5.41, 5.74) is 1.12. The number of halogens is 1. The SMILES string of the molecule is C=CCn1c(SCC(=O)NCc2ccc(C)c(F)c2)nc2sccc2c1=O. The molecule has 2 heterocycles. The Morgan fingerprint density at radius 3 is 3.00 bits per heavy atom. The molecule has 0 bridgehead atoms. The summed E-state index contributed by atoms with van der Waals surface area (Å²) in [5, 5.41) is 5.62. The number of amides is 1. The molecule has 1 aromatic carbocycles. The van der Waals surface area contributed by atoms with Crippen molar-refractivity contribution in [2.24, 2.45) is 0 Å². The lowest BCUT2D eigenvalue weighted by atomic mass is 10.1. The van der Waals surface area contributed by atoms with Crippen molar-refractivity contribution in [1.29, 1.82) is 0 Å². The summed E-state index contributed by atoms with van der Waals surface area (Å²) in [5.74, 6) is -0.404. The number of hydrogen-bond donors (Lipinski definition) is 1. The van der Waals surface area contributed by atoms with Gasteiger partial charge in [0.1, 0.15) is 10.6 Å². The first-order valence-electron chi connectivity index (χ1n) is 8.23. The van der Waals surface area contributed by atoms with Crippen LogP contribution in [0, 0.1) is 12.7 Å². The molecule has 0 saturated heterocycles. The summed E-state index contributed by atoms with van der Waals surface area (Å²) in [6, 6.07) is 6.62. The van der Waals surface area contributed by atoms with Gasteiger partial charge in [-0.15, -0.1) is 17.9 Å². The number of aryl methyl sites for hydroxylation is 1. The quantitative estimate of drug-likeness (QED) is 0.373. The minimum Gasteiger partial charge on any atom is -0.351 e. The second-order valence-corrected chi connectivity index (χ2v) is 7.72. The number of thiophene rings is 1. The molecule has 140 valence electrons. The number of nitrogens with zero attached hydrogens (tertiary/aromatic N) is 2. The van der Waals surface area contributed by atoms with Crippen LogP contribution in [0.25, 0.3) is 10.2 Å². The molecule has 1 amide bonds. The fourth-order valence-electron chi connectivity index (χ4n) is 2.46. The second kappa shape index (κ2) is 8.49. The molecule has 0 unspecified atom stereocenters. The summed E-state index contributed by atoms with van der Waals surface area (Å²) >= 11 is 2.58. The molecule has 2 aromatic heterocycles. The van der Waals surface area contributed by atoms with Gasteiger partial charge in [0.15, 0.2) is 5.16 Å². The van der Waals surface area contributed by atoms with Crippen molar-refractivity contribution in [3.05, 3.63) is 69.6 Å². The highest BCUT2D eigenvalue weighted by Gasteiger charge is 2.13. The van der Waals surface area contributed by atoms with E-state index in [-0.39, 0.29) is 29.6 Å². The maximum absolute atomic E-state index is 13.6. The van der Waals surface area contributed by atoms with Crippen LogP contribution in [0.3, 0.4) is 0 Å². The number of thioether (sulfide) groups is 1. The van der Waals surface area contributed by atoms with Crippen molar-refractivity contribution in [1.82, 2.24) is 14.9 Å².